The van der Waals surface area contributed by atoms with Crippen LogP contribution in [0.1, 0.15) is 33.3 Å². The Kier molecular flexibility index (Phi) is 6.72. The lowest BCUT2D eigenvalue weighted by Gasteiger charge is -2.45. The molecule has 1 saturated heterocycles. The highest BCUT2D eigenvalue weighted by Gasteiger charge is 2.33. The summed E-state index contributed by atoms with van der Waals surface area (Å²) in [6, 6.07) is 5.31. The van der Waals surface area contributed by atoms with E-state index in [0.717, 1.165) is 18.7 Å². The van der Waals surface area contributed by atoms with Crippen molar-refractivity contribution in [3.63, 3.8) is 0 Å². The molecule has 5 nitrogen and oxygen atoms in total. The first-order valence-electron chi connectivity index (χ1n) is 8.71. The molecule has 0 bridgehead atoms. The third-order valence-electron chi connectivity index (χ3n) is 4.59. The van der Waals surface area contributed by atoms with Crippen LogP contribution in [0.2, 0.25) is 5.02 Å². The van der Waals surface area contributed by atoms with E-state index in [1.54, 1.807) is 25.3 Å². The molecule has 1 fully saturated rings. The van der Waals surface area contributed by atoms with Crippen molar-refractivity contribution in [1.82, 2.24) is 10.2 Å². The van der Waals surface area contributed by atoms with Crippen LogP contribution in [0.5, 0.6) is 5.75 Å². The van der Waals surface area contributed by atoms with Crippen LogP contribution in [0.3, 0.4) is 0 Å². The highest BCUT2D eigenvalue weighted by Crippen LogP contribution is 2.24. The monoisotopic (exact) mass is 368 g/mol. The van der Waals surface area contributed by atoms with Crippen molar-refractivity contribution in [2.75, 3.05) is 26.7 Å². The molecule has 6 heteroatoms. The Labute approximate surface area is 155 Å². The summed E-state index contributed by atoms with van der Waals surface area (Å²) in [5.74, 6) is 0.637. The zero-order valence-corrected chi connectivity index (χ0v) is 16.5. The molecule has 1 heterocycles. The molecular formula is C19H29ClN2O3. The summed E-state index contributed by atoms with van der Waals surface area (Å²) < 4.78 is 11.1. The SMILES string of the molecule is COc1ccc(Cl)cc1CC(=O)NCC(C)(C)N1CC(C)OC(C)C1. The average Bonchev–Trinajstić information content (AvgIpc) is 2.52. The summed E-state index contributed by atoms with van der Waals surface area (Å²) in [5, 5.41) is 3.65. The number of carbonyl (C=O) groups is 1. The van der Waals surface area contributed by atoms with Crippen molar-refractivity contribution < 1.29 is 14.3 Å². The van der Waals surface area contributed by atoms with Crippen LogP contribution in [0.25, 0.3) is 0 Å². The van der Waals surface area contributed by atoms with Gasteiger partial charge in [-0.1, -0.05) is 11.6 Å². The van der Waals surface area contributed by atoms with Crippen LogP contribution in [0.4, 0.5) is 0 Å². The molecule has 0 aromatic heterocycles. The molecule has 2 atom stereocenters. The van der Waals surface area contributed by atoms with Gasteiger partial charge in [0.2, 0.25) is 5.91 Å². The quantitative estimate of drug-likeness (QED) is 0.838. The number of carbonyl (C=O) groups excluding carboxylic acids is 1. The fourth-order valence-corrected chi connectivity index (χ4v) is 3.41. The van der Waals surface area contributed by atoms with E-state index in [1.165, 1.54) is 0 Å². The normalized spacial score (nSPS) is 21.8. The van der Waals surface area contributed by atoms with Crippen molar-refractivity contribution >= 4 is 17.5 Å². The second-order valence-electron chi connectivity index (χ2n) is 7.38. The minimum Gasteiger partial charge on any atom is -0.496 e. The number of amides is 1. The second kappa shape index (κ2) is 8.39. The molecular weight excluding hydrogens is 340 g/mol. The molecule has 1 aliphatic heterocycles. The molecule has 0 aliphatic carbocycles. The molecule has 0 saturated carbocycles. The number of nitrogens with zero attached hydrogens (tertiary/aromatic N) is 1. The number of ether oxygens (including phenoxy) is 2. The zero-order chi connectivity index (χ0) is 18.6. The summed E-state index contributed by atoms with van der Waals surface area (Å²) in [4.78, 5) is 14.8. The van der Waals surface area contributed by atoms with Crippen LogP contribution in [0, 0.1) is 0 Å². The Balaban J connectivity index is 1.93. The van der Waals surface area contributed by atoms with Gasteiger partial charge in [-0.25, -0.2) is 0 Å². The maximum Gasteiger partial charge on any atom is 0.224 e. The smallest absolute Gasteiger partial charge is 0.224 e. The van der Waals surface area contributed by atoms with Crippen LogP contribution in [-0.2, 0) is 16.0 Å². The molecule has 1 amide bonds. The van der Waals surface area contributed by atoms with Gasteiger partial charge in [-0.15, -0.1) is 0 Å². The number of hydrogen-bond donors (Lipinski definition) is 1. The van der Waals surface area contributed by atoms with Gasteiger partial charge in [-0.3, -0.25) is 9.69 Å². The van der Waals surface area contributed by atoms with Gasteiger partial charge in [0.25, 0.3) is 0 Å². The molecule has 2 unspecified atom stereocenters. The largest absolute Gasteiger partial charge is 0.496 e. The lowest BCUT2D eigenvalue weighted by Crippen LogP contribution is -2.58. The number of nitrogens with one attached hydrogen (secondary N) is 1. The molecule has 0 spiro atoms. The maximum absolute atomic E-state index is 12.4. The number of halogens is 1. The lowest BCUT2D eigenvalue weighted by atomic mass is 10.00. The summed E-state index contributed by atoms with van der Waals surface area (Å²) in [6.07, 6.45) is 0.652. The van der Waals surface area contributed by atoms with Gasteiger partial charge in [0, 0.05) is 35.8 Å². The van der Waals surface area contributed by atoms with E-state index in [0.29, 0.717) is 17.3 Å². The Bertz CT molecular complexity index is 596. The van der Waals surface area contributed by atoms with Crippen molar-refractivity contribution in [1.29, 1.82) is 0 Å². The standard InChI is InChI=1S/C19H29ClN2O3/c1-13-10-22(11-14(2)25-13)19(3,4)12-21-18(23)9-15-8-16(20)6-7-17(15)24-5/h6-8,13-14H,9-12H2,1-5H3,(H,21,23). The van der Waals surface area contributed by atoms with Crippen molar-refractivity contribution in [2.45, 2.75) is 51.9 Å². The van der Waals surface area contributed by atoms with E-state index in [9.17, 15) is 4.79 Å². The van der Waals surface area contributed by atoms with Gasteiger partial charge in [0.15, 0.2) is 0 Å². The molecule has 0 radical (unpaired) electrons. The van der Waals surface area contributed by atoms with Crippen LogP contribution < -0.4 is 10.1 Å². The Morgan fingerprint density at radius 2 is 2.00 bits per heavy atom. The maximum atomic E-state index is 12.4. The summed E-state index contributed by atoms with van der Waals surface area (Å²) in [5.41, 5.74) is 0.652. The summed E-state index contributed by atoms with van der Waals surface area (Å²) in [6.45, 7) is 10.8. The van der Waals surface area contributed by atoms with Crippen molar-refractivity contribution in [3.05, 3.63) is 28.8 Å². The van der Waals surface area contributed by atoms with Gasteiger partial charge in [-0.2, -0.15) is 0 Å². The summed E-state index contributed by atoms with van der Waals surface area (Å²) in [7, 11) is 1.59. The lowest BCUT2D eigenvalue weighted by molar-refractivity contribution is -0.122. The fraction of sp³-hybridized carbons (Fsp3) is 0.632. The van der Waals surface area contributed by atoms with Crippen molar-refractivity contribution in [2.24, 2.45) is 0 Å². The molecule has 1 aromatic rings. The number of methoxy groups -OCH3 is 1. The van der Waals surface area contributed by atoms with E-state index < -0.39 is 0 Å². The number of rotatable bonds is 6. The Morgan fingerprint density at radius 3 is 2.60 bits per heavy atom. The first kappa shape index (κ1) is 20.0. The zero-order valence-electron chi connectivity index (χ0n) is 15.8. The Morgan fingerprint density at radius 1 is 1.36 bits per heavy atom. The third-order valence-corrected chi connectivity index (χ3v) is 4.82. The van der Waals surface area contributed by atoms with E-state index in [1.807, 2.05) is 0 Å². The fourth-order valence-electron chi connectivity index (χ4n) is 3.22. The second-order valence-corrected chi connectivity index (χ2v) is 7.82. The van der Waals surface area contributed by atoms with Gasteiger partial charge in [0.05, 0.1) is 25.7 Å². The Hall–Kier alpha value is -1.30. The highest BCUT2D eigenvalue weighted by molar-refractivity contribution is 6.30. The first-order valence-corrected chi connectivity index (χ1v) is 9.08. The van der Waals surface area contributed by atoms with E-state index in [4.69, 9.17) is 21.1 Å². The van der Waals surface area contributed by atoms with E-state index >= 15 is 0 Å². The van der Waals surface area contributed by atoms with E-state index in [2.05, 4.69) is 37.9 Å². The molecule has 140 valence electrons. The topological polar surface area (TPSA) is 50.8 Å². The average molecular weight is 369 g/mol. The number of hydrogen-bond acceptors (Lipinski definition) is 4. The highest BCUT2D eigenvalue weighted by atomic mass is 35.5. The van der Waals surface area contributed by atoms with Crippen LogP contribution in [-0.4, -0.2) is 55.3 Å². The molecule has 25 heavy (non-hydrogen) atoms. The van der Waals surface area contributed by atoms with Crippen molar-refractivity contribution in [3.8, 4) is 5.75 Å². The molecule has 1 aliphatic rings. The third kappa shape index (κ3) is 5.59. The van der Waals surface area contributed by atoms with Gasteiger partial charge in [-0.05, 0) is 45.9 Å². The van der Waals surface area contributed by atoms with Crippen LogP contribution >= 0.6 is 11.6 Å². The predicted octanol–water partition coefficient (Wildman–Crippen LogP) is 2.90. The number of morpholine rings is 1. The van der Waals surface area contributed by atoms with E-state index in [-0.39, 0.29) is 30.1 Å². The minimum absolute atomic E-state index is 0.0389. The molecule has 2 rings (SSSR count). The van der Waals surface area contributed by atoms with Gasteiger partial charge < -0.3 is 14.8 Å². The molecule has 1 aromatic carbocycles. The number of benzene rings is 1. The first-order chi connectivity index (χ1) is 11.7. The summed E-state index contributed by atoms with van der Waals surface area (Å²) >= 11 is 6.03. The minimum atomic E-state index is -0.139. The van der Waals surface area contributed by atoms with Crippen LogP contribution in [0.15, 0.2) is 18.2 Å². The van der Waals surface area contributed by atoms with Gasteiger partial charge >= 0.3 is 0 Å². The molecule has 1 N–H and O–H groups in total. The van der Waals surface area contributed by atoms with Gasteiger partial charge in [0.1, 0.15) is 5.75 Å². The predicted molar refractivity (Wildman–Crippen MR) is 100 cm³/mol.